The maximum Gasteiger partial charge on any atom is 0.310 e. The lowest BCUT2D eigenvalue weighted by Crippen LogP contribution is -2.05. The first-order chi connectivity index (χ1) is 6.54. The Morgan fingerprint density at radius 3 is 2.71 bits per heavy atom. The highest BCUT2D eigenvalue weighted by Gasteiger charge is 2.10. The fraction of sp³-hybridized carbons (Fsp3) is 0.222. The molecule has 0 aliphatic heterocycles. The molecule has 0 heterocycles. The highest BCUT2D eigenvalue weighted by molar-refractivity contribution is 9.11. The Labute approximate surface area is 104 Å². The lowest BCUT2D eigenvalue weighted by atomic mass is 10.1. The molecule has 0 aliphatic rings. The lowest BCUT2D eigenvalue weighted by molar-refractivity contribution is -0.139. The quantitative estimate of drug-likeness (QED) is 0.607. The number of rotatable bonds is 2. The summed E-state index contributed by atoms with van der Waals surface area (Å²) in [5, 5.41) is 0.540. The van der Waals surface area contributed by atoms with Gasteiger partial charge in [0.25, 0.3) is 0 Å². The standard InChI is InChI=1S/C9H7Br2ClO2/c1-14-8(13)3-5-2-6(10)4-7(11)9(5)12/h2,4H,3H2,1H3. The molecule has 0 atom stereocenters. The zero-order valence-corrected chi connectivity index (χ0v) is 11.2. The van der Waals surface area contributed by atoms with E-state index in [9.17, 15) is 4.79 Å². The Morgan fingerprint density at radius 2 is 2.14 bits per heavy atom. The fourth-order valence-electron chi connectivity index (χ4n) is 0.966. The van der Waals surface area contributed by atoms with E-state index in [1.807, 2.05) is 6.07 Å². The number of methoxy groups -OCH3 is 1. The first-order valence-corrected chi connectivity index (χ1v) is 5.71. The third kappa shape index (κ3) is 2.97. The predicted molar refractivity (Wildman–Crippen MR) is 62.6 cm³/mol. The molecule has 1 aromatic carbocycles. The maximum absolute atomic E-state index is 11.0. The average molecular weight is 342 g/mol. The van der Waals surface area contributed by atoms with Crippen LogP contribution in [0.5, 0.6) is 0 Å². The molecule has 5 heteroatoms. The Balaban J connectivity index is 3.02. The lowest BCUT2D eigenvalue weighted by Gasteiger charge is -2.05. The van der Waals surface area contributed by atoms with E-state index in [0.717, 1.165) is 14.5 Å². The summed E-state index contributed by atoms with van der Waals surface area (Å²) in [5.41, 5.74) is 0.736. The second-order valence-electron chi connectivity index (χ2n) is 2.61. The largest absolute Gasteiger partial charge is 0.469 e. The van der Waals surface area contributed by atoms with Crippen LogP contribution in [0.1, 0.15) is 5.56 Å². The van der Waals surface area contributed by atoms with Gasteiger partial charge in [-0.05, 0) is 33.6 Å². The molecule has 0 bridgehead atoms. The van der Waals surface area contributed by atoms with Gasteiger partial charge in [-0.25, -0.2) is 0 Å². The highest BCUT2D eigenvalue weighted by atomic mass is 79.9. The van der Waals surface area contributed by atoms with Crippen LogP contribution in [0.15, 0.2) is 21.1 Å². The van der Waals surface area contributed by atoms with Crippen LogP contribution in [0.25, 0.3) is 0 Å². The molecule has 0 aromatic heterocycles. The number of benzene rings is 1. The van der Waals surface area contributed by atoms with Crippen LogP contribution in [-0.2, 0) is 16.0 Å². The third-order valence-corrected chi connectivity index (χ3v) is 3.39. The number of hydrogen-bond acceptors (Lipinski definition) is 2. The molecule has 1 aromatic rings. The second kappa shape index (κ2) is 5.14. The molecular formula is C9H7Br2ClO2. The number of ether oxygens (including phenoxy) is 1. The van der Waals surface area contributed by atoms with Crippen molar-refractivity contribution in [3.8, 4) is 0 Å². The average Bonchev–Trinajstić information content (AvgIpc) is 2.13. The van der Waals surface area contributed by atoms with E-state index in [1.165, 1.54) is 7.11 Å². The molecule has 0 saturated heterocycles. The fourth-order valence-corrected chi connectivity index (χ4v) is 2.46. The number of carbonyl (C=O) groups is 1. The SMILES string of the molecule is COC(=O)Cc1cc(Br)cc(Br)c1Cl. The second-order valence-corrected chi connectivity index (χ2v) is 4.76. The number of carbonyl (C=O) groups excluding carboxylic acids is 1. The first kappa shape index (κ1) is 12.0. The summed E-state index contributed by atoms with van der Waals surface area (Å²) in [4.78, 5) is 11.0. The van der Waals surface area contributed by atoms with Crippen molar-refractivity contribution >= 4 is 49.4 Å². The van der Waals surface area contributed by atoms with Crippen molar-refractivity contribution in [1.29, 1.82) is 0 Å². The van der Waals surface area contributed by atoms with Gasteiger partial charge in [0.1, 0.15) is 0 Å². The van der Waals surface area contributed by atoms with Gasteiger partial charge in [0.2, 0.25) is 0 Å². The van der Waals surface area contributed by atoms with Gasteiger partial charge >= 0.3 is 5.97 Å². The van der Waals surface area contributed by atoms with Crippen molar-refractivity contribution in [3.05, 3.63) is 31.7 Å². The molecule has 1 rings (SSSR count). The Morgan fingerprint density at radius 1 is 1.50 bits per heavy atom. The molecule has 0 amide bonds. The molecule has 0 N–H and O–H groups in total. The monoisotopic (exact) mass is 340 g/mol. The van der Waals surface area contributed by atoms with Gasteiger partial charge in [0, 0.05) is 8.95 Å². The molecular weight excluding hydrogens is 335 g/mol. The molecule has 0 saturated carbocycles. The van der Waals surface area contributed by atoms with E-state index in [0.29, 0.717) is 5.02 Å². The van der Waals surface area contributed by atoms with Crippen molar-refractivity contribution in [2.24, 2.45) is 0 Å². The van der Waals surface area contributed by atoms with E-state index >= 15 is 0 Å². The van der Waals surface area contributed by atoms with Crippen molar-refractivity contribution < 1.29 is 9.53 Å². The van der Waals surface area contributed by atoms with E-state index in [1.54, 1.807) is 6.07 Å². The Bertz CT molecular complexity index is 366. The number of esters is 1. The first-order valence-electron chi connectivity index (χ1n) is 3.75. The smallest absolute Gasteiger partial charge is 0.310 e. The van der Waals surface area contributed by atoms with E-state index in [2.05, 4.69) is 36.6 Å². The van der Waals surface area contributed by atoms with Gasteiger partial charge in [-0.1, -0.05) is 27.5 Å². The summed E-state index contributed by atoms with van der Waals surface area (Å²) >= 11 is 12.6. The summed E-state index contributed by atoms with van der Waals surface area (Å²) in [5.74, 6) is -0.308. The van der Waals surface area contributed by atoms with Crippen LogP contribution in [0.4, 0.5) is 0 Å². The van der Waals surface area contributed by atoms with Gasteiger partial charge < -0.3 is 4.74 Å². The molecule has 14 heavy (non-hydrogen) atoms. The van der Waals surface area contributed by atoms with Crippen LogP contribution >= 0.6 is 43.5 Å². The number of hydrogen-bond donors (Lipinski definition) is 0. The summed E-state index contributed by atoms with van der Waals surface area (Å²) in [6.07, 6.45) is 0.174. The van der Waals surface area contributed by atoms with Crippen molar-refractivity contribution in [3.63, 3.8) is 0 Å². The molecule has 0 unspecified atom stereocenters. The molecule has 0 spiro atoms. The van der Waals surface area contributed by atoms with Crippen molar-refractivity contribution in [2.75, 3.05) is 7.11 Å². The van der Waals surface area contributed by atoms with Gasteiger partial charge in [-0.2, -0.15) is 0 Å². The van der Waals surface area contributed by atoms with Gasteiger partial charge in [-0.15, -0.1) is 0 Å². The third-order valence-electron chi connectivity index (χ3n) is 1.63. The molecule has 76 valence electrons. The van der Waals surface area contributed by atoms with Gasteiger partial charge in [-0.3, -0.25) is 4.79 Å². The van der Waals surface area contributed by atoms with Crippen LogP contribution in [0, 0.1) is 0 Å². The summed E-state index contributed by atoms with van der Waals surface area (Å²) < 4.78 is 6.19. The summed E-state index contributed by atoms with van der Waals surface area (Å²) in [6.45, 7) is 0. The summed E-state index contributed by atoms with van der Waals surface area (Å²) in [7, 11) is 1.35. The predicted octanol–water partition coefficient (Wildman–Crippen LogP) is 3.58. The zero-order valence-electron chi connectivity index (χ0n) is 7.31. The van der Waals surface area contributed by atoms with Crippen molar-refractivity contribution in [1.82, 2.24) is 0 Å². The Hall–Kier alpha value is -0.0600. The number of halogens is 3. The molecule has 0 fully saturated rings. The van der Waals surface area contributed by atoms with Gasteiger partial charge in [0.15, 0.2) is 0 Å². The molecule has 0 aliphatic carbocycles. The minimum Gasteiger partial charge on any atom is -0.469 e. The van der Waals surface area contributed by atoms with Crippen molar-refractivity contribution in [2.45, 2.75) is 6.42 Å². The molecule has 0 radical (unpaired) electrons. The minimum atomic E-state index is -0.308. The normalized spacial score (nSPS) is 10.0. The molecule has 2 nitrogen and oxygen atoms in total. The topological polar surface area (TPSA) is 26.3 Å². The van der Waals surface area contributed by atoms with E-state index in [-0.39, 0.29) is 12.4 Å². The van der Waals surface area contributed by atoms with Crippen LogP contribution in [0.2, 0.25) is 5.02 Å². The minimum absolute atomic E-state index is 0.174. The van der Waals surface area contributed by atoms with Crippen LogP contribution in [0.3, 0.4) is 0 Å². The van der Waals surface area contributed by atoms with Gasteiger partial charge in [0.05, 0.1) is 18.6 Å². The summed E-state index contributed by atoms with van der Waals surface area (Å²) in [6, 6.07) is 3.62. The zero-order chi connectivity index (χ0) is 10.7. The van der Waals surface area contributed by atoms with E-state index in [4.69, 9.17) is 11.6 Å². The van der Waals surface area contributed by atoms with E-state index < -0.39 is 0 Å². The van der Waals surface area contributed by atoms with Crippen LogP contribution in [-0.4, -0.2) is 13.1 Å². The highest BCUT2D eigenvalue weighted by Crippen LogP contribution is 2.30. The maximum atomic E-state index is 11.0. The van der Waals surface area contributed by atoms with Crippen LogP contribution < -0.4 is 0 Å². The Kier molecular flexibility index (Phi) is 4.41.